The lowest BCUT2D eigenvalue weighted by Gasteiger charge is -2.34. The number of anilines is 1. The number of rotatable bonds is 4. The SMILES string of the molecule is CCCC1CCN(c2ccc(C)cc2CN)CC1. The zero-order chi connectivity index (χ0) is 13.0. The molecule has 0 amide bonds. The van der Waals surface area contributed by atoms with Gasteiger partial charge in [0.25, 0.3) is 0 Å². The molecule has 0 aliphatic carbocycles. The van der Waals surface area contributed by atoms with Gasteiger partial charge in [-0.3, -0.25) is 0 Å². The van der Waals surface area contributed by atoms with Crippen LogP contribution in [0.2, 0.25) is 0 Å². The van der Waals surface area contributed by atoms with Crippen molar-refractivity contribution in [2.24, 2.45) is 11.7 Å². The highest BCUT2D eigenvalue weighted by atomic mass is 15.1. The first-order valence-electron chi connectivity index (χ1n) is 7.29. The minimum absolute atomic E-state index is 0.645. The molecule has 1 fully saturated rings. The van der Waals surface area contributed by atoms with Crippen molar-refractivity contribution < 1.29 is 0 Å². The zero-order valence-corrected chi connectivity index (χ0v) is 11.8. The van der Waals surface area contributed by atoms with E-state index < -0.39 is 0 Å². The van der Waals surface area contributed by atoms with Crippen LogP contribution in [-0.4, -0.2) is 13.1 Å². The smallest absolute Gasteiger partial charge is 0.0411 e. The minimum atomic E-state index is 0.645. The lowest BCUT2D eigenvalue weighted by Crippen LogP contribution is -2.34. The van der Waals surface area contributed by atoms with Gasteiger partial charge in [0.2, 0.25) is 0 Å². The van der Waals surface area contributed by atoms with Crippen LogP contribution in [-0.2, 0) is 6.54 Å². The molecule has 1 aliphatic heterocycles. The Morgan fingerprint density at radius 3 is 2.61 bits per heavy atom. The van der Waals surface area contributed by atoms with E-state index in [9.17, 15) is 0 Å². The molecular formula is C16H26N2. The molecular weight excluding hydrogens is 220 g/mol. The van der Waals surface area contributed by atoms with Crippen LogP contribution >= 0.6 is 0 Å². The first kappa shape index (κ1) is 13.4. The van der Waals surface area contributed by atoms with E-state index in [-0.39, 0.29) is 0 Å². The van der Waals surface area contributed by atoms with Crippen molar-refractivity contribution >= 4 is 5.69 Å². The Morgan fingerprint density at radius 2 is 2.00 bits per heavy atom. The second-order valence-electron chi connectivity index (χ2n) is 5.56. The van der Waals surface area contributed by atoms with E-state index in [1.165, 1.54) is 55.6 Å². The number of hydrogen-bond donors (Lipinski definition) is 1. The molecule has 0 unspecified atom stereocenters. The van der Waals surface area contributed by atoms with Crippen molar-refractivity contribution in [1.82, 2.24) is 0 Å². The first-order valence-corrected chi connectivity index (χ1v) is 7.29. The Morgan fingerprint density at radius 1 is 1.28 bits per heavy atom. The largest absolute Gasteiger partial charge is 0.371 e. The number of hydrogen-bond acceptors (Lipinski definition) is 2. The molecule has 0 saturated carbocycles. The van der Waals surface area contributed by atoms with Gasteiger partial charge in [0.1, 0.15) is 0 Å². The van der Waals surface area contributed by atoms with Crippen molar-refractivity contribution in [3.05, 3.63) is 29.3 Å². The van der Waals surface area contributed by atoms with Gasteiger partial charge in [-0.25, -0.2) is 0 Å². The molecule has 2 N–H and O–H groups in total. The van der Waals surface area contributed by atoms with Crippen LogP contribution < -0.4 is 10.6 Å². The van der Waals surface area contributed by atoms with Crippen LogP contribution in [0.3, 0.4) is 0 Å². The summed E-state index contributed by atoms with van der Waals surface area (Å²) in [4.78, 5) is 2.52. The third-order valence-corrected chi connectivity index (χ3v) is 4.11. The summed E-state index contributed by atoms with van der Waals surface area (Å²) in [7, 11) is 0. The summed E-state index contributed by atoms with van der Waals surface area (Å²) >= 11 is 0. The molecule has 1 heterocycles. The molecule has 0 radical (unpaired) electrons. The highest BCUT2D eigenvalue weighted by molar-refractivity contribution is 5.55. The molecule has 1 saturated heterocycles. The molecule has 0 atom stereocenters. The van der Waals surface area contributed by atoms with Crippen LogP contribution in [0.4, 0.5) is 5.69 Å². The van der Waals surface area contributed by atoms with E-state index in [0.717, 1.165) is 5.92 Å². The molecule has 18 heavy (non-hydrogen) atoms. The number of nitrogens with two attached hydrogens (primary N) is 1. The van der Waals surface area contributed by atoms with Gasteiger partial charge in [0.15, 0.2) is 0 Å². The fourth-order valence-corrected chi connectivity index (χ4v) is 3.06. The molecule has 0 spiro atoms. The predicted octanol–water partition coefficient (Wildman–Crippen LogP) is 3.47. The Kier molecular flexibility index (Phi) is 4.65. The summed E-state index contributed by atoms with van der Waals surface area (Å²) in [5.41, 5.74) is 9.83. The van der Waals surface area contributed by atoms with Crippen molar-refractivity contribution in [2.75, 3.05) is 18.0 Å². The first-order chi connectivity index (χ1) is 8.74. The molecule has 1 aliphatic rings. The van der Waals surface area contributed by atoms with Crippen LogP contribution in [0.25, 0.3) is 0 Å². The lowest BCUT2D eigenvalue weighted by atomic mass is 9.92. The van der Waals surface area contributed by atoms with Crippen LogP contribution in [0, 0.1) is 12.8 Å². The Hall–Kier alpha value is -1.02. The maximum Gasteiger partial charge on any atom is 0.0411 e. The average Bonchev–Trinajstić information content (AvgIpc) is 2.40. The monoisotopic (exact) mass is 246 g/mol. The van der Waals surface area contributed by atoms with Gasteiger partial charge in [-0.2, -0.15) is 0 Å². The van der Waals surface area contributed by atoms with Crippen LogP contribution in [0.1, 0.15) is 43.7 Å². The quantitative estimate of drug-likeness (QED) is 0.881. The lowest BCUT2D eigenvalue weighted by molar-refractivity contribution is 0.378. The van der Waals surface area contributed by atoms with Crippen LogP contribution in [0.15, 0.2) is 18.2 Å². The van der Waals surface area contributed by atoms with Gasteiger partial charge in [-0.1, -0.05) is 37.5 Å². The van der Waals surface area contributed by atoms with E-state index in [2.05, 4.69) is 36.9 Å². The minimum Gasteiger partial charge on any atom is -0.371 e. The Balaban J connectivity index is 2.05. The molecule has 1 aromatic rings. The summed E-state index contributed by atoms with van der Waals surface area (Å²) in [6.07, 6.45) is 5.40. The fourth-order valence-electron chi connectivity index (χ4n) is 3.06. The molecule has 1 aromatic carbocycles. The summed E-state index contributed by atoms with van der Waals surface area (Å²) in [5, 5.41) is 0. The van der Waals surface area contributed by atoms with Gasteiger partial charge in [0, 0.05) is 25.3 Å². The van der Waals surface area contributed by atoms with Crippen molar-refractivity contribution in [3.8, 4) is 0 Å². The van der Waals surface area contributed by atoms with E-state index in [1.54, 1.807) is 0 Å². The van der Waals surface area contributed by atoms with Gasteiger partial charge in [0.05, 0.1) is 0 Å². The Bertz CT molecular complexity index is 379. The third kappa shape index (κ3) is 3.05. The van der Waals surface area contributed by atoms with Crippen molar-refractivity contribution in [1.29, 1.82) is 0 Å². The van der Waals surface area contributed by atoms with E-state index >= 15 is 0 Å². The highest BCUT2D eigenvalue weighted by Crippen LogP contribution is 2.28. The summed E-state index contributed by atoms with van der Waals surface area (Å²) in [6.45, 7) is 7.46. The van der Waals surface area contributed by atoms with Gasteiger partial charge < -0.3 is 10.6 Å². The van der Waals surface area contributed by atoms with E-state index in [4.69, 9.17) is 5.73 Å². The summed E-state index contributed by atoms with van der Waals surface area (Å²) < 4.78 is 0. The Labute approximate surface area is 111 Å². The highest BCUT2D eigenvalue weighted by Gasteiger charge is 2.20. The maximum atomic E-state index is 5.87. The second kappa shape index (κ2) is 6.24. The second-order valence-corrected chi connectivity index (χ2v) is 5.56. The average molecular weight is 246 g/mol. The van der Waals surface area contributed by atoms with Gasteiger partial charge >= 0.3 is 0 Å². The molecule has 100 valence electrons. The predicted molar refractivity (Wildman–Crippen MR) is 78.9 cm³/mol. The number of aryl methyl sites for hydroxylation is 1. The molecule has 0 aromatic heterocycles. The maximum absolute atomic E-state index is 5.87. The summed E-state index contributed by atoms with van der Waals surface area (Å²) in [5.74, 6) is 0.943. The number of nitrogens with zero attached hydrogens (tertiary/aromatic N) is 1. The standard InChI is InChI=1S/C16H26N2/c1-3-4-14-7-9-18(10-8-14)16-6-5-13(2)11-15(16)12-17/h5-6,11,14H,3-4,7-10,12,17H2,1-2H3. The summed E-state index contributed by atoms with van der Waals surface area (Å²) in [6, 6.07) is 6.68. The molecule has 2 heteroatoms. The topological polar surface area (TPSA) is 29.3 Å². The number of benzene rings is 1. The van der Waals surface area contributed by atoms with Crippen molar-refractivity contribution in [3.63, 3.8) is 0 Å². The zero-order valence-electron chi connectivity index (χ0n) is 11.8. The third-order valence-electron chi connectivity index (χ3n) is 4.11. The molecule has 2 rings (SSSR count). The van der Waals surface area contributed by atoms with E-state index in [0.29, 0.717) is 6.54 Å². The molecule has 0 bridgehead atoms. The fraction of sp³-hybridized carbons (Fsp3) is 0.625. The molecule has 2 nitrogen and oxygen atoms in total. The van der Waals surface area contributed by atoms with Gasteiger partial charge in [-0.15, -0.1) is 0 Å². The number of piperidine rings is 1. The van der Waals surface area contributed by atoms with E-state index in [1.807, 2.05) is 0 Å². The normalized spacial score (nSPS) is 17.2. The van der Waals surface area contributed by atoms with Gasteiger partial charge in [-0.05, 0) is 37.3 Å². The van der Waals surface area contributed by atoms with Crippen LogP contribution in [0.5, 0.6) is 0 Å². The van der Waals surface area contributed by atoms with Crippen molar-refractivity contribution in [2.45, 2.75) is 46.1 Å².